The lowest BCUT2D eigenvalue weighted by Crippen LogP contribution is -2.43. The fourth-order valence-corrected chi connectivity index (χ4v) is 1.95. The summed E-state index contributed by atoms with van der Waals surface area (Å²) in [5, 5.41) is 20.3. The molecule has 0 aliphatic heterocycles. The second-order valence-electron chi connectivity index (χ2n) is 5.87. The van der Waals surface area contributed by atoms with Crippen molar-refractivity contribution in [1.29, 1.82) is 0 Å². The number of hydrogen-bond acceptors (Lipinski definition) is 3. The summed E-state index contributed by atoms with van der Waals surface area (Å²) in [6.45, 7) is 10.3. The highest BCUT2D eigenvalue weighted by molar-refractivity contribution is 5.13. The van der Waals surface area contributed by atoms with E-state index in [4.69, 9.17) is 4.74 Å². The molecule has 1 aromatic rings. The first-order valence-corrected chi connectivity index (χ1v) is 7.04. The van der Waals surface area contributed by atoms with Crippen LogP contribution >= 0.6 is 0 Å². The largest absolute Gasteiger partial charge is 0.389 e. The number of hydrogen-bond donors (Lipinski definition) is 2. The van der Waals surface area contributed by atoms with Gasteiger partial charge in [-0.3, -0.25) is 0 Å². The van der Waals surface area contributed by atoms with Crippen LogP contribution in [0.25, 0.3) is 0 Å². The van der Waals surface area contributed by atoms with Crippen LogP contribution in [-0.4, -0.2) is 29.0 Å². The molecule has 0 saturated carbocycles. The number of rotatable bonds is 8. The third-order valence-corrected chi connectivity index (χ3v) is 3.56. The molecule has 2 atom stereocenters. The van der Waals surface area contributed by atoms with Gasteiger partial charge in [0.05, 0.1) is 19.3 Å². The van der Waals surface area contributed by atoms with Gasteiger partial charge in [0.2, 0.25) is 0 Å². The second-order valence-corrected chi connectivity index (χ2v) is 5.87. The zero-order chi connectivity index (χ0) is 15.2. The van der Waals surface area contributed by atoms with Crippen LogP contribution in [0, 0.1) is 5.41 Å². The smallest absolute Gasteiger partial charge is 0.101 e. The average molecular weight is 278 g/mol. The fourth-order valence-electron chi connectivity index (χ4n) is 1.95. The van der Waals surface area contributed by atoms with E-state index >= 15 is 0 Å². The minimum absolute atomic E-state index is 0.372. The first kappa shape index (κ1) is 16.9. The van der Waals surface area contributed by atoms with Crippen LogP contribution in [0.5, 0.6) is 0 Å². The van der Waals surface area contributed by atoms with Crippen molar-refractivity contribution >= 4 is 0 Å². The van der Waals surface area contributed by atoms with E-state index in [9.17, 15) is 10.2 Å². The van der Waals surface area contributed by atoms with Gasteiger partial charge in [-0.2, -0.15) is 0 Å². The molecule has 1 rings (SSSR count). The lowest BCUT2D eigenvalue weighted by Gasteiger charge is -2.34. The van der Waals surface area contributed by atoms with Crippen molar-refractivity contribution in [3.05, 3.63) is 48.0 Å². The van der Waals surface area contributed by atoms with Crippen molar-refractivity contribution in [2.24, 2.45) is 5.41 Å². The van der Waals surface area contributed by atoms with Crippen molar-refractivity contribution < 1.29 is 14.9 Å². The van der Waals surface area contributed by atoms with E-state index in [0.29, 0.717) is 25.2 Å². The van der Waals surface area contributed by atoms with Crippen LogP contribution in [0.2, 0.25) is 0 Å². The predicted octanol–water partition coefficient (Wildman–Crippen LogP) is 2.92. The van der Waals surface area contributed by atoms with E-state index < -0.39 is 17.6 Å². The first-order valence-electron chi connectivity index (χ1n) is 7.04. The number of ether oxygens (including phenoxy) is 1. The zero-order valence-electron chi connectivity index (χ0n) is 12.7. The molecule has 112 valence electrons. The number of aliphatic hydroxyl groups excluding tert-OH is 2. The van der Waals surface area contributed by atoms with Crippen LogP contribution in [0.15, 0.2) is 42.5 Å². The Morgan fingerprint density at radius 1 is 1.25 bits per heavy atom. The van der Waals surface area contributed by atoms with E-state index in [0.717, 1.165) is 5.56 Å². The summed E-state index contributed by atoms with van der Waals surface area (Å²) >= 11 is 0. The maximum atomic E-state index is 10.3. The monoisotopic (exact) mass is 278 g/mol. The molecule has 3 heteroatoms. The number of benzene rings is 1. The molecule has 0 heterocycles. The normalized spacial score (nSPS) is 14.8. The highest BCUT2D eigenvalue weighted by Gasteiger charge is 2.34. The maximum absolute atomic E-state index is 10.3. The third-order valence-electron chi connectivity index (χ3n) is 3.56. The Balaban J connectivity index is 2.50. The van der Waals surface area contributed by atoms with Gasteiger partial charge in [0, 0.05) is 5.41 Å². The molecule has 1 aromatic carbocycles. The molecule has 0 aromatic heterocycles. The zero-order valence-corrected chi connectivity index (χ0v) is 12.7. The molecule has 20 heavy (non-hydrogen) atoms. The Morgan fingerprint density at radius 2 is 1.85 bits per heavy atom. The van der Waals surface area contributed by atoms with Gasteiger partial charge in [0.25, 0.3) is 0 Å². The minimum atomic E-state index is -0.907. The molecule has 2 N–H and O–H groups in total. The highest BCUT2D eigenvalue weighted by atomic mass is 16.5. The van der Waals surface area contributed by atoms with E-state index in [1.165, 1.54) is 0 Å². The van der Waals surface area contributed by atoms with Gasteiger partial charge in [-0.15, -0.1) is 0 Å². The van der Waals surface area contributed by atoms with Crippen LogP contribution < -0.4 is 0 Å². The highest BCUT2D eigenvalue weighted by Crippen LogP contribution is 2.27. The summed E-state index contributed by atoms with van der Waals surface area (Å²) < 4.78 is 5.67. The van der Waals surface area contributed by atoms with Crippen LogP contribution in [0.3, 0.4) is 0 Å². The molecule has 0 bridgehead atoms. The first-order chi connectivity index (χ1) is 9.38. The van der Waals surface area contributed by atoms with Crippen LogP contribution in [0.1, 0.15) is 32.8 Å². The predicted molar refractivity (Wildman–Crippen MR) is 81.3 cm³/mol. The molecule has 0 fully saturated rings. The van der Waals surface area contributed by atoms with Crippen molar-refractivity contribution in [1.82, 2.24) is 0 Å². The molecule has 0 aliphatic carbocycles. The molecule has 0 aliphatic rings. The van der Waals surface area contributed by atoms with Crippen LogP contribution in [-0.2, 0) is 11.3 Å². The topological polar surface area (TPSA) is 49.7 Å². The Labute approximate surface area is 121 Å². The van der Waals surface area contributed by atoms with Crippen molar-refractivity contribution in [2.75, 3.05) is 6.61 Å². The Morgan fingerprint density at radius 3 is 2.40 bits per heavy atom. The lowest BCUT2D eigenvalue weighted by molar-refractivity contribution is -0.0758. The van der Waals surface area contributed by atoms with Crippen molar-refractivity contribution in [3.8, 4) is 0 Å². The molecular formula is C17H26O3. The van der Waals surface area contributed by atoms with Gasteiger partial charge in [-0.25, -0.2) is 0 Å². The quantitative estimate of drug-likeness (QED) is 0.719. The second kappa shape index (κ2) is 7.58. The van der Waals surface area contributed by atoms with Gasteiger partial charge in [0.15, 0.2) is 0 Å². The molecule has 3 nitrogen and oxygen atoms in total. The third kappa shape index (κ3) is 4.75. The molecule has 2 unspecified atom stereocenters. The van der Waals surface area contributed by atoms with Gasteiger partial charge < -0.3 is 14.9 Å². The summed E-state index contributed by atoms with van der Waals surface area (Å²) in [5.41, 5.74) is 1.21. The van der Waals surface area contributed by atoms with E-state index in [-0.39, 0.29) is 0 Å². The summed E-state index contributed by atoms with van der Waals surface area (Å²) in [4.78, 5) is 0. The summed E-state index contributed by atoms with van der Waals surface area (Å²) in [5.74, 6) is 0. The molecule has 0 amide bonds. The summed E-state index contributed by atoms with van der Waals surface area (Å²) in [6, 6.07) is 9.89. The van der Waals surface area contributed by atoms with Gasteiger partial charge >= 0.3 is 0 Å². The molecule has 0 saturated heterocycles. The lowest BCUT2D eigenvalue weighted by atomic mass is 9.82. The molecule has 0 spiro atoms. The Hall–Kier alpha value is -1.16. The SMILES string of the molecule is C=C(CC)C(O)C(O)C(C)(C)COCc1ccccc1. The summed E-state index contributed by atoms with van der Waals surface area (Å²) in [6.07, 6.45) is -1.14. The van der Waals surface area contributed by atoms with Crippen LogP contribution in [0.4, 0.5) is 0 Å². The van der Waals surface area contributed by atoms with E-state index in [1.807, 2.05) is 51.1 Å². The van der Waals surface area contributed by atoms with Gasteiger partial charge in [-0.05, 0) is 17.6 Å². The van der Waals surface area contributed by atoms with Crippen molar-refractivity contribution in [2.45, 2.75) is 46.0 Å². The molecule has 0 radical (unpaired) electrons. The Kier molecular flexibility index (Phi) is 6.40. The minimum Gasteiger partial charge on any atom is -0.389 e. The van der Waals surface area contributed by atoms with Crippen molar-refractivity contribution in [3.63, 3.8) is 0 Å². The van der Waals surface area contributed by atoms with Gasteiger partial charge in [-0.1, -0.05) is 57.7 Å². The fraction of sp³-hybridized carbons (Fsp3) is 0.529. The molecular weight excluding hydrogens is 252 g/mol. The van der Waals surface area contributed by atoms with E-state index in [2.05, 4.69) is 6.58 Å². The average Bonchev–Trinajstić information content (AvgIpc) is 2.45. The van der Waals surface area contributed by atoms with E-state index in [1.54, 1.807) is 0 Å². The number of aliphatic hydroxyl groups is 2. The summed E-state index contributed by atoms with van der Waals surface area (Å²) in [7, 11) is 0. The maximum Gasteiger partial charge on any atom is 0.101 e. The standard InChI is InChI=1S/C17H26O3/c1-5-13(2)15(18)16(19)17(3,4)12-20-11-14-9-7-6-8-10-14/h6-10,15-16,18-19H,2,5,11-12H2,1,3-4H3. The Bertz CT molecular complexity index is 412. The van der Waals surface area contributed by atoms with Gasteiger partial charge in [0.1, 0.15) is 6.10 Å².